The number of benzene rings is 1. The number of aromatic nitrogens is 3. The van der Waals surface area contributed by atoms with Crippen LogP contribution >= 0.6 is 0 Å². The Kier molecular flexibility index (Phi) is 3.64. The van der Waals surface area contributed by atoms with Gasteiger partial charge in [-0.1, -0.05) is 13.8 Å². The lowest BCUT2D eigenvalue weighted by molar-refractivity contribution is 0.415. The van der Waals surface area contributed by atoms with E-state index < -0.39 is 0 Å². The van der Waals surface area contributed by atoms with E-state index in [1.54, 1.807) is 13.4 Å². The molecule has 0 saturated heterocycles. The molecule has 2 aromatic heterocycles. The fourth-order valence-electron chi connectivity index (χ4n) is 2.41. The Bertz CT molecular complexity index is 763. The summed E-state index contributed by atoms with van der Waals surface area (Å²) in [6, 6.07) is 5.95. The standard InChI is InChI=1S/C16H20N4O/c1-10(2)6-7-17-16-15-14(18-9-19-16)12-8-11(21-3)4-5-13(12)20-15/h4-5,8-10,20H,6-7H2,1-3H3,(H,17,18,19). The van der Waals surface area contributed by atoms with Crippen molar-refractivity contribution in [2.45, 2.75) is 20.3 Å². The summed E-state index contributed by atoms with van der Waals surface area (Å²) < 4.78 is 5.29. The van der Waals surface area contributed by atoms with Gasteiger partial charge in [0, 0.05) is 17.4 Å². The molecule has 0 aliphatic rings. The summed E-state index contributed by atoms with van der Waals surface area (Å²) >= 11 is 0. The maximum absolute atomic E-state index is 5.29. The first-order chi connectivity index (χ1) is 10.2. The minimum absolute atomic E-state index is 0.668. The van der Waals surface area contributed by atoms with Gasteiger partial charge in [-0.15, -0.1) is 0 Å². The Balaban J connectivity index is 2.02. The van der Waals surface area contributed by atoms with Crippen molar-refractivity contribution in [3.05, 3.63) is 24.5 Å². The Hall–Kier alpha value is -2.30. The molecule has 5 heteroatoms. The van der Waals surface area contributed by atoms with Crippen molar-refractivity contribution in [1.82, 2.24) is 15.0 Å². The Morgan fingerprint density at radius 1 is 1.29 bits per heavy atom. The number of hydrogen-bond donors (Lipinski definition) is 2. The molecule has 0 aliphatic carbocycles. The highest BCUT2D eigenvalue weighted by Gasteiger charge is 2.11. The zero-order chi connectivity index (χ0) is 14.8. The summed E-state index contributed by atoms with van der Waals surface area (Å²) in [5.74, 6) is 2.36. The van der Waals surface area contributed by atoms with Crippen molar-refractivity contribution in [2.24, 2.45) is 5.92 Å². The number of fused-ring (bicyclic) bond motifs is 3. The third kappa shape index (κ3) is 2.63. The van der Waals surface area contributed by atoms with Crippen molar-refractivity contribution in [2.75, 3.05) is 19.0 Å². The van der Waals surface area contributed by atoms with E-state index in [1.165, 1.54) is 0 Å². The van der Waals surface area contributed by atoms with Crippen molar-refractivity contribution in [3.63, 3.8) is 0 Å². The van der Waals surface area contributed by atoms with Gasteiger partial charge in [0.2, 0.25) is 0 Å². The highest BCUT2D eigenvalue weighted by molar-refractivity contribution is 6.08. The topological polar surface area (TPSA) is 62.8 Å². The minimum Gasteiger partial charge on any atom is -0.497 e. The van der Waals surface area contributed by atoms with E-state index in [0.717, 1.165) is 46.5 Å². The van der Waals surface area contributed by atoms with Crippen LogP contribution in [0.1, 0.15) is 20.3 Å². The molecule has 110 valence electrons. The number of nitrogens with one attached hydrogen (secondary N) is 2. The third-order valence-corrected chi connectivity index (χ3v) is 3.60. The van der Waals surface area contributed by atoms with Crippen LogP contribution in [0.2, 0.25) is 0 Å². The second-order valence-electron chi connectivity index (χ2n) is 5.59. The van der Waals surface area contributed by atoms with Crippen LogP contribution in [-0.4, -0.2) is 28.6 Å². The highest BCUT2D eigenvalue weighted by atomic mass is 16.5. The first kappa shape index (κ1) is 13.7. The van der Waals surface area contributed by atoms with E-state index in [0.29, 0.717) is 5.92 Å². The molecule has 3 aromatic rings. The van der Waals surface area contributed by atoms with Crippen molar-refractivity contribution >= 4 is 27.8 Å². The van der Waals surface area contributed by atoms with E-state index in [4.69, 9.17) is 4.74 Å². The van der Waals surface area contributed by atoms with Crippen molar-refractivity contribution in [1.29, 1.82) is 0 Å². The second-order valence-corrected chi connectivity index (χ2v) is 5.59. The number of H-pyrrole nitrogens is 1. The second kappa shape index (κ2) is 5.60. The van der Waals surface area contributed by atoms with Gasteiger partial charge in [-0.3, -0.25) is 0 Å². The Morgan fingerprint density at radius 3 is 2.90 bits per heavy atom. The maximum Gasteiger partial charge on any atom is 0.153 e. The van der Waals surface area contributed by atoms with E-state index in [9.17, 15) is 0 Å². The maximum atomic E-state index is 5.29. The predicted octanol–water partition coefficient (Wildman–Crippen LogP) is 3.58. The SMILES string of the molecule is COc1ccc2[nH]c3c(NCCC(C)C)ncnc3c2c1. The van der Waals surface area contributed by atoms with Gasteiger partial charge in [-0.25, -0.2) is 9.97 Å². The normalized spacial score (nSPS) is 11.4. The van der Waals surface area contributed by atoms with Gasteiger partial charge in [0.1, 0.15) is 23.1 Å². The van der Waals surface area contributed by atoms with Crippen LogP contribution in [-0.2, 0) is 0 Å². The molecule has 2 N–H and O–H groups in total. The number of hydrogen-bond acceptors (Lipinski definition) is 4. The smallest absolute Gasteiger partial charge is 0.153 e. The fraction of sp³-hybridized carbons (Fsp3) is 0.375. The van der Waals surface area contributed by atoms with Gasteiger partial charge in [0.15, 0.2) is 5.82 Å². The average molecular weight is 284 g/mol. The van der Waals surface area contributed by atoms with Crippen molar-refractivity contribution < 1.29 is 4.74 Å². The van der Waals surface area contributed by atoms with Crippen LogP contribution in [0.4, 0.5) is 5.82 Å². The summed E-state index contributed by atoms with van der Waals surface area (Å²) in [6.45, 7) is 5.33. The molecule has 0 saturated carbocycles. The summed E-state index contributed by atoms with van der Waals surface area (Å²) in [5.41, 5.74) is 2.91. The molecule has 0 fully saturated rings. The van der Waals surface area contributed by atoms with Gasteiger partial charge in [-0.05, 0) is 30.5 Å². The zero-order valence-electron chi connectivity index (χ0n) is 12.6. The number of methoxy groups -OCH3 is 1. The van der Waals surface area contributed by atoms with Gasteiger partial charge >= 0.3 is 0 Å². The first-order valence-corrected chi connectivity index (χ1v) is 7.23. The summed E-state index contributed by atoms with van der Waals surface area (Å²) in [7, 11) is 1.67. The molecule has 0 aliphatic heterocycles. The van der Waals surface area contributed by atoms with E-state index in [1.807, 2.05) is 18.2 Å². The van der Waals surface area contributed by atoms with Gasteiger partial charge in [0.05, 0.1) is 7.11 Å². The zero-order valence-corrected chi connectivity index (χ0v) is 12.6. The summed E-state index contributed by atoms with van der Waals surface area (Å²) in [4.78, 5) is 12.2. The fourth-order valence-corrected chi connectivity index (χ4v) is 2.41. The molecule has 3 rings (SSSR count). The van der Waals surface area contributed by atoms with E-state index >= 15 is 0 Å². The Morgan fingerprint density at radius 2 is 2.14 bits per heavy atom. The molecule has 0 bridgehead atoms. The van der Waals surface area contributed by atoms with Gasteiger partial charge in [-0.2, -0.15) is 0 Å². The number of anilines is 1. The third-order valence-electron chi connectivity index (χ3n) is 3.60. The first-order valence-electron chi connectivity index (χ1n) is 7.23. The lowest BCUT2D eigenvalue weighted by Gasteiger charge is -2.07. The molecule has 0 atom stereocenters. The quantitative estimate of drug-likeness (QED) is 0.751. The summed E-state index contributed by atoms with van der Waals surface area (Å²) in [6.07, 6.45) is 2.71. The van der Waals surface area contributed by atoms with Crippen LogP contribution in [0.5, 0.6) is 5.75 Å². The molecule has 0 radical (unpaired) electrons. The van der Waals surface area contributed by atoms with Crippen LogP contribution in [0.15, 0.2) is 24.5 Å². The van der Waals surface area contributed by atoms with Crippen LogP contribution in [0, 0.1) is 5.92 Å². The lowest BCUT2D eigenvalue weighted by Crippen LogP contribution is -2.06. The molecular formula is C16H20N4O. The van der Waals surface area contributed by atoms with Gasteiger partial charge in [0.25, 0.3) is 0 Å². The van der Waals surface area contributed by atoms with Crippen molar-refractivity contribution in [3.8, 4) is 5.75 Å². The molecule has 2 heterocycles. The largest absolute Gasteiger partial charge is 0.497 e. The Labute approximate surface area is 123 Å². The van der Waals surface area contributed by atoms with E-state index in [-0.39, 0.29) is 0 Å². The monoisotopic (exact) mass is 284 g/mol. The van der Waals surface area contributed by atoms with E-state index in [2.05, 4.69) is 34.1 Å². The molecule has 0 unspecified atom stereocenters. The number of ether oxygens (including phenoxy) is 1. The van der Waals surface area contributed by atoms with Crippen LogP contribution < -0.4 is 10.1 Å². The average Bonchev–Trinajstić information content (AvgIpc) is 2.85. The number of rotatable bonds is 5. The lowest BCUT2D eigenvalue weighted by atomic mass is 10.1. The molecule has 0 amide bonds. The number of nitrogens with zero attached hydrogens (tertiary/aromatic N) is 2. The predicted molar refractivity (Wildman–Crippen MR) is 85.9 cm³/mol. The molecule has 0 spiro atoms. The molecule has 5 nitrogen and oxygen atoms in total. The van der Waals surface area contributed by atoms with Crippen LogP contribution in [0.25, 0.3) is 21.9 Å². The van der Waals surface area contributed by atoms with Crippen LogP contribution in [0.3, 0.4) is 0 Å². The number of aromatic amines is 1. The molecule has 1 aromatic carbocycles. The minimum atomic E-state index is 0.668. The van der Waals surface area contributed by atoms with Gasteiger partial charge < -0.3 is 15.0 Å². The molecule has 21 heavy (non-hydrogen) atoms. The molecular weight excluding hydrogens is 264 g/mol. The highest BCUT2D eigenvalue weighted by Crippen LogP contribution is 2.29. The summed E-state index contributed by atoms with van der Waals surface area (Å²) in [5, 5.41) is 4.45.